The average molecular weight is 264 g/mol. The zero-order valence-corrected chi connectivity index (χ0v) is 12.2. The van der Waals surface area contributed by atoms with Crippen LogP contribution < -0.4 is 5.32 Å². The SMILES string of the molecule is CCN(CCCNC1CCCCC1)Cc1ccco1. The summed E-state index contributed by atoms with van der Waals surface area (Å²) in [6.07, 6.45) is 10.0. The maximum Gasteiger partial charge on any atom is 0.117 e. The van der Waals surface area contributed by atoms with Crippen molar-refractivity contribution in [1.82, 2.24) is 10.2 Å². The number of hydrogen-bond acceptors (Lipinski definition) is 3. The smallest absolute Gasteiger partial charge is 0.117 e. The zero-order chi connectivity index (χ0) is 13.3. The Morgan fingerprint density at radius 2 is 2.16 bits per heavy atom. The van der Waals surface area contributed by atoms with Gasteiger partial charge in [-0.2, -0.15) is 0 Å². The van der Waals surface area contributed by atoms with Crippen molar-refractivity contribution in [2.75, 3.05) is 19.6 Å². The van der Waals surface area contributed by atoms with Crippen molar-refractivity contribution in [2.24, 2.45) is 0 Å². The second kappa shape index (κ2) is 8.39. The Bertz CT molecular complexity index is 317. The Hall–Kier alpha value is -0.800. The molecular weight excluding hydrogens is 236 g/mol. The second-order valence-electron chi connectivity index (χ2n) is 5.59. The van der Waals surface area contributed by atoms with Gasteiger partial charge in [0.1, 0.15) is 5.76 Å². The summed E-state index contributed by atoms with van der Waals surface area (Å²) in [6.45, 7) is 6.55. The number of furan rings is 1. The van der Waals surface area contributed by atoms with Crippen LogP contribution in [0.5, 0.6) is 0 Å². The van der Waals surface area contributed by atoms with Crippen LogP contribution in [0.1, 0.15) is 51.2 Å². The van der Waals surface area contributed by atoms with E-state index in [-0.39, 0.29) is 0 Å². The van der Waals surface area contributed by atoms with E-state index in [1.54, 1.807) is 6.26 Å². The number of rotatable bonds is 8. The van der Waals surface area contributed by atoms with E-state index in [0.717, 1.165) is 38.0 Å². The van der Waals surface area contributed by atoms with E-state index in [0.29, 0.717) is 0 Å². The van der Waals surface area contributed by atoms with Crippen LogP contribution in [-0.2, 0) is 6.54 Å². The first kappa shape index (κ1) is 14.6. The third kappa shape index (κ3) is 5.37. The Morgan fingerprint density at radius 3 is 2.84 bits per heavy atom. The van der Waals surface area contributed by atoms with Crippen molar-refractivity contribution in [3.63, 3.8) is 0 Å². The molecule has 1 aliphatic rings. The van der Waals surface area contributed by atoms with Crippen molar-refractivity contribution in [2.45, 2.75) is 58.0 Å². The van der Waals surface area contributed by atoms with Crippen LogP contribution >= 0.6 is 0 Å². The van der Waals surface area contributed by atoms with E-state index < -0.39 is 0 Å². The Morgan fingerprint density at radius 1 is 1.32 bits per heavy atom. The predicted octanol–water partition coefficient (Wildman–Crippen LogP) is 3.41. The molecule has 108 valence electrons. The lowest BCUT2D eigenvalue weighted by molar-refractivity contribution is 0.248. The number of hydrogen-bond donors (Lipinski definition) is 1. The second-order valence-corrected chi connectivity index (χ2v) is 5.59. The molecule has 0 radical (unpaired) electrons. The summed E-state index contributed by atoms with van der Waals surface area (Å²) in [4.78, 5) is 2.45. The molecule has 0 aromatic carbocycles. The molecule has 1 heterocycles. The summed E-state index contributed by atoms with van der Waals surface area (Å²) in [7, 11) is 0. The van der Waals surface area contributed by atoms with Gasteiger partial charge < -0.3 is 9.73 Å². The summed E-state index contributed by atoms with van der Waals surface area (Å²) >= 11 is 0. The molecule has 1 N–H and O–H groups in total. The zero-order valence-electron chi connectivity index (χ0n) is 12.2. The fourth-order valence-electron chi connectivity index (χ4n) is 2.89. The third-order valence-corrected chi connectivity index (χ3v) is 4.10. The lowest BCUT2D eigenvalue weighted by Crippen LogP contribution is -2.33. The van der Waals surface area contributed by atoms with Gasteiger partial charge in [-0.05, 0) is 51.0 Å². The van der Waals surface area contributed by atoms with Crippen LogP contribution in [0.2, 0.25) is 0 Å². The van der Waals surface area contributed by atoms with E-state index in [1.165, 1.54) is 38.5 Å². The van der Waals surface area contributed by atoms with Crippen LogP contribution in [0.4, 0.5) is 0 Å². The lowest BCUT2D eigenvalue weighted by Gasteiger charge is -2.24. The van der Waals surface area contributed by atoms with E-state index in [2.05, 4.69) is 23.2 Å². The Balaban J connectivity index is 1.57. The van der Waals surface area contributed by atoms with Crippen LogP contribution in [0.3, 0.4) is 0 Å². The van der Waals surface area contributed by atoms with Crippen molar-refractivity contribution < 1.29 is 4.42 Å². The van der Waals surface area contributed by atoms with Gasteiger partial charge >= 0.3 is 0 Å². The van der Waals surface area contributed by atoms with Gasteiger partial charge in [-0.25, -0.2) is 0 Å². The molecule has 0 bridgehead atoms. The van der Waals surface area contributed by atoms with Crippen molar-refractivity contribution in [3.8, 4) is 0 Å². The maximum absolute atomic E-state index is 5.41. The van der Waals surface area contributed by atoms with Gasteiger partial charge in [-0.1, -0.05) is 26.2 Å². The quantitative estimate of drug-likeness (QED) is 0.729. The summed E-state index contributed by atoms with van der Waals surface area (Å²) in [5, 5.41) is 3.71. The van der Waals surface area contributed by atoms with Crippen molar-refractivity contribution in [1.29, 1.82) is 0 Å². The summed E-state index contributed by atoms with van der Waals surface area (Å²) < 4.78 is 5.41. The highest BCUT2D eigenvalue weighted by molar-refractivity contribution is 4.97. The standard InChI is InChI=1S/C16H28N2O/c1-2-18(14-16-10-6-13-19-16)12-7-11-17-15-8-4-3-5-9-15/h6,10,13,15,17H,2-5,7-9,11-12,14H2,1H3. The summed E-state index contributed by atoms with van der Waals surface area (Å²) in [6, 6.07) is 4.81. The molecule has 0 unspecified atom stereocenters. The minimum Gasteiger partial charge on any atom is -0.468 e. The first-order valence-electron chi connectivity index (χ1n) is 7.86. The Labute approximate surface area is 117 Å². The molecule has 1 aliphatic carbocycles. The van der Waals surface area contributed by atoms with Crippen LogP contribution in [0.15, 0.2) is 22.8 Å². The molecular formula is C16H28N2O. The van der Waals surface area contributed by atoms with Gasteiger partial charge in [-0.3, -0.25) is 4.90 Å². The fourth-order valence-corrected chi connectivity index (χ4v) is 2.89. The van der Waals surface area contributed by atoms with Crippen molar-refractivity contribution in [3.05, 3.63) is 24.2 Å². The molecule has 2 rings (SSSR count). The monoisotopic (exact) mass is 264 g/mol. The molecule has 1 fully saturated rings. The number of nitrogens with zero attached hydrogens (tertiary/aromatic N) is 1. The summed E-state index contributed by atoms with van der Waals surface area (Å²) in [5.74, 6) is 1.07. The highest BCUT2D eigenvalue weighted by atomic mass is 16.3. The lowest BCUT2D eigenvalue weighted by atomic mass is 9.95. The first-order valence-corrected chi connectivity index (χ1v) is 7.86. The molecule has 0 spiro atoms. The van der Waals surface area contributed by atoms with E-state index >= 15 is 0 Å². The average Bonchev–Trinajstić information content (AvgIpc) is 2.96. The molecule has 3 nitrogen and oxygen atoms in total. The van der Waals surface area contributed by atoms with E-state index in [1.807, 2.05) is 6.07 Å². The highest BCUT2D eigenvalue weighted by Crippen LogP contribution is 2.17. The van der Waals surface area contributed by atoms with Crippen LogP contribution in [0, 0.1) is 0 Å². The fraction of sp³-hybridized carbons (Fsp3) is 0.750. The van der Waals surface area contributed by atoms with Crippen LogP contribution in [-0.4, -0.2) is 30.6 Å². The molecule has 3 heteroatoms. The highest BCUT2D eigenvalue weighted by Gasteiger charge is 2.12. The van der Waals surface area contributed by atoms with Crippen molar-refractivity contribution >= 4 is 0 Å². The first-order chi connectivity index (χ1) is 9.38. The third-order valence-electron chi connectivity index (χ3n) is 4.10. The molecule has 1 aromatic rings. The molecule has 1 saturated carbocycles. The minimum atomic E-state index is 0.786. The topological polar surface area (TPSA) is 28.4 Å². The van der Waals surface area contributed by atoms with Gasteiger partial charge in [-0.15, -0.1) is 0 Å². The molecule has 0 amide bonds. The van der Waals surface area contributed by atoms with E-state index in [4.69, 9.17) is 4.42 Å². The summed E-state index contributed by atoms with van der Waals surface area (Å²) in [5.41, 5.74) is 0. The van der Waals surface area contributed by atoms with Gasteiger partial charge in [0.25, 0.3) is 0 Å². The normalized spacial score (nSPS) is 17.2. The van der Waals surface area contributed by atoms with Gasteiger partial charge in [0.05, 0.1) is 12.8 Å². The maximum atomic E-state index is 5.41. The molecule has 19 heavy (non-hydrogen) atoms. The van der Waals surface area contributed by atoms with E-state index in [9.17, 15) is 0 Å². The van der Waals surface area contributed by atoms with Gasteiger partial charge in [0.2, 0.25) is 0 Å². The van der Waals surface area contributed by atoms with Gasteiger partial charge in [0, 0.05) is 6.04 Å². The molecule has 1 aromatic heterocycles. The van der Waals surface area contributed by atoms with Crippen LogP contribution in [0.25, 0.3) is 0 Å². The predicted molar refractivity (Wildman–Crippen MR) is 79.2 cm³/mol. The largest absolute Gasteiger partial charge is 0.468 e. The molecule has 0 saturated heterocycles. The number of nitrogens with one attached hydrogen (secondary N) is 1. The molecule has 0 atom stereocenters. The Kier molecular flexibility index (Phi) is 6.45. The van der Waals surface area contributed by atoms with Gasteiger partial charge in [0.15, 0.2) is 0 Å². The molecule has 0 aliphatic heterocycles. The minimum absolute atomic E-state index is 0.786.